The Labute approximate surface area is 144 Å². The largest absolute Gasteiger partial charge is 0.338 e. The average molecular weight is 331 g/mol. The minimum atomic E-state index is -0.205. The molecule has 5 nitrogen and oxygen atoms in total. The Balaban J connectivity index is 1.93. The predicted octanol–water partition coefficient (Wildman–Crippen LogP) is 4.15. The predicted molar refractivity (Wildman–Crippen MR) is 98.4 cm³/mol. The molecule has 5 heteroatoms. The minimum Gasteiger partial charge on any atom is -0.338 e. The molecule has 1 saturated heterocycles. The van der Waals surface area contributed by atoms with E-state index in [4.69, 9.17) is 0 Å². The van der Waals surface area contributed by atoms with Gasteiger partial charge in [-0.15, -0.1) is 0 Å². The van der Waals surface area contributed by atoms with Crippen molar-refractivity contribution in [2.45, 2.75) is 52.4 Å². The van der Waals surface area contributed by atoms with E-state index in [-0.39, 0.29) is 11.9 Å². The maximum absolute atomic E-state index is 12.2. The third-order valence-corrected chi connectivity index (χ3v) is 4.61. The van der Waals surface area contributed by atoms with Crippen LogP contribution >= 0.6 is 0 Å². The van der Waals surface area contributed by atoms with Gasteiger partial charge in [-0.1, -0.05) is 45.2 Å². The third-order valence-electron chi connectivity index (χ3n) is 4.61. The molecule has 0 spiro atoms. The van der Waals surface area contributed by atoms with Crippen molar-refractivity contribution in [3.63, 3.8) is 0 Å². The molecule has 1 aromatic carbocycles. The van der Waals surface area contributed by atoms with Crippen molar-refractivity contribution in [2.75, 3.05) is 23.3 Å². The van der Waals surface area contributed by atoms with Crippen LogP contribution in [0, 0.1) is 5.92 Å². The number of carbonyl (C=O) groups excluding carboxylic acids is 2. The first kappa shape index (κ1) is 18.3. The molecular formula is C19H29N3O2. The summed E-state index contributed by atoms with van der Waals surface area (Å²) >= 11 is 0. The fraction of sp³-hybridized carbons (Fsp3) is 0.579. The van der Waals surface area contributed by atoms with E-state index >= 15 is 0 Å². The molecule has 1 unspecified atom stereocenters. The molecule has 1 aromatic rings. The zero-order valence-electron chi connectivity index (χ0n) is 14.8. The van der Waals surface area contributed by atoms with E-state index in [1.165, 1.54) is 12.8 Å². The number of hydrogen-bond donors (Lipinski definition) is 2. The molecule has 1 atom stereocenters. The fourth-order valence-corrected chi connectivity index (χ4v) is 3.06. The van der Waals surface area contributed by atoms with Crippen molar-refractivity contribution in [3.8, 4) is 0 Å². The number of nitrogens with one attached hydrogen (secondary N) is 2. The van der Waals surface area contributed by atoms with Crippen molar-refractivity contribution in [1.29, 1.82) is 0 Å². The Morgan fingerprint density at radius 2 is 2.08 bits per heavy atom. The molecule has 1 aliphatic heterocycles. The molecule has 0 saturated carbocycles. The lowest BCUT2D eigenvalue weighted by atomic mass is 9.99. The highest BCUT2D eigenvalue weighted by atomic mass is 16.2. The van der Waals surface area contributed by atoms with Crippen molar-refractivity contribution < 1.29 is 9.59 Å². The van der Waals surface area contributed by atoms with Gasteiger partial charge >= 0.3 is 6.03 Å². The summed E-state index contributed by atoms with van der Waals surface area (Å²) in [4.78, 5) is 25.9. The van der Waals surface area contributed by atoms with Crippen LogP contribution in [0.25, 0.3) is 0 Å². The van der Waals surface area contributed by atoms with Crippen LogP contribution in [-0.4, -0.2) is 25.0 Å². The maximum Gasteiger partial charge on any atom is 0.319 e. The molecule has 0 bridgehead atoms. The van der Waals surface area contributed by atoms with Gasteiger partial charge in [0.1, 0.15) is 0 Å². The number of hydrogen-bond acceptors (Lipinski definition) is 2. The monoisotopic (exact) mass is 331 g/mol. The van der Waals surface area contributed by atoms with E-state index in [9.17, 15) is 9.59 Å². The molecule has 2 rings (SSSR count). The van der Waals surface area contributed by atoms with Gasteiger partial charge in [0.05, 0.1) is 11.4 Å². The Morgan fingerprint density at radius 3 is 2.75 bits per heavy atom. The molecule has 3 amide bonds. The van der Waals surface area contributed by atoms with Crippen molar-refractivity contribution in [2.24, 2.45) is 5.92 Å². The van der Waals surface area contributed by atoms with Crippen LogP contribution in [0.15, 0.2) is 24.3 Å². The number of amides is 3. The molecule has 0 aromatic heterocycles. The summed E-state index contributed by atoms with van der Waals surface area (Å²) in [5, 5.41) is 5.87. The highest BCUT2D eigenvalue weighted by molar-refractivity contribution is 6.01. The van der Waals surface area contributed by atoms with Crippen molar-refractivity contribution in [3.05, 3.63) is 24.3 Å². The highest BCUT2D eigenvalue weighted by Gasteiger charge is 2.24. The van der Waals surface area contributed by atoms with E-state index in [0.717, 1.165) is 24.9 Å². The maximum atomic E-state index is 12.2. The number of unbranched alkanes of at least 4 members (excludes halogenated alkanes) is 1. The summed E-state index contributed by atoms with van der Waals surface area (Å²) in [6.45, 7) is 5.75. The zero-order valence-corrected chi connectivity index (χ0v) is 14.8. The Kier molecular flexibility index (Phi) is 7.09. The summed E-state index contributed by atoms with van der Waals surface area (Å²) in [5.74, 6) is 0.640. The van der Waals surface area contributed by atoms with E-state index in [2.05, 4.69) is 24.5 Å². The van der Waals surface area contributed by atoms with E-state index in [1.807, 2.05) is 24.3 Å². The SMILES string of the molecule is CCCCC(CC)CNC(=O)Nc1ccccc1N1CCCC1=O. The van der Waals surface area contributed by atoms with E-state index in [1.54, 1.807) is 4.90 Å². The van der Waals surface area contributed by atoms with Crippen LogP contribution in [0.3, 0.4) is 0 Å². The topological polar surface area (TPSA) is 61.4 Å². The second-order valence-corrected chi connectivity index (χ2v) is 6.42. The van der Waals surface area contributed by atoms with Crippen LogP contribution < -0.4 is 15.5 Å². The summed E-state index contributed by atoms with van der Waals surface area (Å²) in [6, 6.07) is 7.28. The highest BCUT2D eigenvalue weighted by Crippen LogP contribution is 2.29. The molecule has 132 valence electrons. The Bertz CT molecular complexity index is 559. The third kappa shape index (κ3) is 4.98. The zero-order chi connectivity index (χ0) is 17.4. The fourth-order valence-electron chi connectivity index (χ4n) is 3.06. The number of benzene rings is 1. The molecule has 24 heavy (non-hydrogen) atoms. The normalized spacial score (nSPS) is 15.4. The van der Waals surface area contributed by atoms with Crippen LogP contribution in [-0.2, 0) is 4.79 Å². The van der Waals surface area contributed by atoms with E-state index in [0.29, 0.717) is 31.1 Å². The van der Waals surface area contributed by atoms with Gasteiger partial charge in [0, 0.05) is 19.5 Å². The Hall–Kier alpha value is -2.04. The molecule has 1 heterocycles. The number of para-hydroxylation sites is 2. The second-order valence-electron chi connectivity index (χ2n) is 6.42. The van der Waals surface area contributed by atoms with Gasteiger partial charge in [-0.05, 0) is 30.9 Å². The van der Waals surface area contributed by atoms with Crippen LogP contribution in [0.2, 0.25) is 0 Å². The number of urea groups is 1. The van der Waals surface area contributed by atoms with Gasteiger partial charge in [0.2, 0.25) is 5.91 Å². The quantitative estimate of drug-likeness (QED) is 0.751. The molecule has 0 radical (unpaired) electrons. The second kappa shape index (κ2) is 9.30. The van der Waals surface area contributed by atoms with Gasteiger partial charge in [-0.3, -0.25) is 4.79 Å². The number of rotatable bonds is 8. The van der Waals surface area contributed by atoms with Gasteiger partial charge in [0.15, 0.2) is 0 Å². The first-order valence-corrected chi connectivity index (χ1v) is 9.10. The summed E-state index contributed by atoms with van der Waals surface area (Å²) in [6.07, 6.45) is 6.04. The van der Waals surface area contributed by atoms with Gasteiger partial charge in [0.25, 0.3) is 0 Å². The Morgan fingerprint density at radius 1 is 1.29 bits per heavy atom. The molecule has 1 aliphatic rings. The molecule has 0 aliphatic carbocycles. The van der Waals surface area contributed by atoms with E-state index < -0.39 is 0 Å². The van der Waals surface area contributed by atoms with Crippen LogP contribution in [0.5, 0.6) is 0 Å². The van der Waals surface area contributed by atoms with Gasteiger partial charge in [-0.25, -0.2) is 4.79 Å². The lowest BCUT2D eigenvalue weighted by Crippen LogP contribution is -2.34. The van der Waals surface area contributed by atoms with Crippen LogP contribution in [0.1, 0.15) is 52.4 Å². The number of anilines is 2. The molecule has 1 fully saturated rings. The lowest BCUT2D eigenvalue weighted by molar-refractivity contribution is -0.117. The lowest BCUT2D eigenvalue weighted by Gasteiger charge is -2.21. The van der Waals surface area contributed by atoms with Gasteiger partial charge < -0.3 is 15.5 Å². The molecular weight excluding hydrogens is 302 g/mol. The van der Waals surface area contributed by atoms with Gasteiger partial charge in [-0.2, -0.15) is 0 Å². The minimum absolute atomic E-state index is 0.121. The number of nitrogens with zero attached hydrogens (tertiary/aromatic N) is 1. The summed E-state index contributed by atoms with van der Waals surface area (Å²) in [7, 11) is 0. The summed E-state index contributed by atoms with van der Waals surface area (Å²) in [5.41, 5.74) is 1.47. The first-order chi connectivity index (χ1) is 11.7. The average Bonchev–Trinajstić information content (AvgIpc) is 3.01. The standard InChI is InChI=1S/C19H29N3O2/c1-3-5-9-15(4-2)14-20-19(24)21-16-10-6-7-11-17(16)22-13-8-12-18(22)23/h6-7,10-11,15H,3-5,8-9,12-14H2,1-2H3,(H2,20,21,24). The summed E-state index contributed by atoms with van der Waals surface area (Å²) < 4.78 is 0. The smallest absolute Gasteiger partial charge is 0.319 e. The van der Waals surface area contributed by atoms with Crippen molar-refractivity contribution >= 4 is 23.3 Å². The first-order valence-electron chi connectivity index (χ1n) is 9.10. The number of carbonyl (C=O) groups is 2. The van der Waals surface area contributed by atoms with Crippen molar-refractivity contribution in [1.82, 2.24) is 5.32 Å². The molecule has 2 N–H and O–H groups in total. The van der Waals surface area contributed by atoms with Crippen LogP contribution in [0.4, 0.5) is 16.2 Å².